The van der Waals surface area contributed by atoms with Crippen molar-refractivity contribution < 1.29 is 18.9 Å². The van der Waals surface area contributed by atoms with Crippen LogP contribution in [-0.2, 0) is 11.3 Å². The van der Waals surface area contributed by atoms with Gasteiger partial charge in [0.25, 0.3) is 0 Å². The maximum absolute atomic E-state index is 5.58. The second-order valence-corrected chi connectivity index (χ2v) is 4.40. The fourth-order valence-electron chi connectivity index (χ4n) is 1.96. The van der Waals surface area contributed by atoms with Gasteiger partial charge < -0.3 is 18.9 Å². The van der Waals surface area contributed by atoms with Crippen molar-refractivity contribution >= 4 is 0 Å². The number of hydrogen-bond acceptors (Lipinski definition) is 4. The summed E-state index contributed by atoms with van der Waals surface area (Å²) < 4.78 is 21.7. The van der Waals surface area contributed by atoms with E-state index in [0.717, 1.165) is 22.8 Å². The van der Waals surface area contributed by atoms with Gasteiger partial charge in [0.15, 0.2) is 11.5 Å². The number of rotatable bonds is 6. The Kier molecular flexibility index (Phi) is 4.04. The minimum Gasteiger partial charge on any atom is -0.491 e. The summed E-state index contributed by atoms with van der Waals surface area (Å²) in [5.41, 5.74) is 1.06. The molecule has 0 radical (unpaired) electrons. The van der Waals surface area contributed by atoms with Crippen molar-refractivity contribution in [1.29, 1.82) is 0 Å². The van der Waals surface area contributed by atoms with E-state index in [-0.39, 0.29) is 0 Å². The number of hydrogen-bond donors (Lipinski definition) is 0. The van der Waals surface area contributed by atoms with Crippen molar-refractivity contribution in [2.24, 2.45) is 0 Å². The quantitative estimate of drug-likeness (QED) is 0.757. The molecule has 1 aliphatic rings. The van der Waals surface area contributed by atoms with Crippen LogP contribution in [0.25, 0.3) is 0 Å². The monoisotopic (exact) mass is 272 g/mol. The van der Waals surface area contributed by atoms with Crippen molar-refractivity contribution in [3.8, 4) is 17.2 Å². The highest BCUT2D eigenvalue weighted by molar-refractivity contribution is 5.44. The molecular weight excluding hydrogens is 256 g/mol. The van der Waals surface area contributed by atoms with E-state index in [1.807, 2.05) is 48.5 Å². The van der Waals surface area contributed by atoms with Crippen molar-refractivity contribution in [2.45, 2.75) is 6.61 Å². The van der Waals surface area contributed by atoms with Gasteiger partial charge in [-0.25, -0.2) is 0 Å². The maximum atomic E-state index is 5.58. The van der Waals surface area contributed by atoms with E-state index >= 15 is 0 Å². The molecule has 0 atom stereocenters. The zero-order chi connectivity index (χ0) is 13.6. The second-order valence-electron chi connectivity index (χ2n) is 4.40. The van der Waals surface area contributed by atoms with E-state index in [1.54, 1.807) is 0 Å². The number of benzene rings is 2. The van der Waals surface area contributed by atoms with Crippen molar-refractivity contribution in [1.82, 2.24) is 0 Å². The predicted molar refractivity (Wildman–Crippen MR) is 74.2 cm³/mol. The smallest absolute Gasteiger partial charge is 0.231 e. The van der Waals surface area contributed by atoms with Gasteiger partial charge in [0.2, 0.25) is 6.79 Å². The summed E-state index contributed by atoms with van der Waals surface area (Å²) in [7, 11) is 0. The topological polar surface area (TPSA) is 36.9 Å². The molecule has 4 nitrogen and oxygen atoms in total. The lowest BCUT2D eigenvalue weighted by Crippen LogP contribution is -2.06. The second kappa shape index (κ2) is 6.30. The molecule has 0 amide bonds. The lowest BCUT2D eigenvalue weighted by atomic mass is 10.2. The number of ether oxygens (including phenoxy) is 4. The van der Waals surface area contributed by atoms with E-state index in [2.05, 4.69) is 0 Å². The summed E-state index contributed by atoms with van der Waals surface area (Å²) in [5.74, 6) is 2.44. The molecule has 4 heteroatoms. The molecular formula is C16H16O4. The fourth-order valence-corrected chi connectivity index (χ4v) is 1.96. The number of fused-ring (bicyclic) bond motifs is 1. The molecule has 0 saturated heterocycles. The summed E-state index contributed by atoms with van der Waals surface area (Å²) in [6.45, 7) is 1.91. The third-order valence-electron chi connectivity index (χ3n) is 2.95. The third-order valence-corrected chi connectivity index (χ3v) is 2.95. The molecule has 0 saturated carbocycles. The van der Waals surface area contributed by atoms with Gasteiger partial charge in [-0.2, -0.15) is 0 Å². The molecule has 0 aromatic heterocycles. The Labute approximate surface area is 117 Å². The van der Waals surface area contributed by atoms with E-state index in [9.17, 15) is 0 Å². The highest BCUT2D eigenvalue weighted by Gasteiger charge is 2.12. The van der Waals surface area contributed by atoms with E-state index in [0.29, 0.717) is 26.6 Å². The molecule has 20 heavy (non-hydrogen) atoms. The van der Waals surface area contributed by atoms with Crippen LogP contribution >= 0.6 is 0 Å². The van der Waals surface area contributed by atoms with E-state index in [1.165, 1.54) is 0 Å². The predicted octanol–water partition coefficient (Wildman–Crippen LogP) is 3.01. The standard InChI is InChI=1S/C16H16O4/c1-2-4-14(5-3-1)18-9-8-17-11-13-6-7-15-16(10-13)20-12-19-15/h1-7,10H,8-9,11-12H2. The van der Waals surface area contributed by atoms with Crippen molar-refractivity contribution in [3.63, 3.8) is 0 Å². The van der Waals surface area contributed by atoms with E-state index in [4.69, 9.17) is 18.9 Å². The van der Waals surface area contributed by atoms with Gasteiger partial charge in [0.1, 0.15) is 12.4 Å². The van der Waals surface area contributed by atoms with Crippen LogP contribution in [0.5, 0.6) is 17.2 Å². The van der Waals surface area contributed by atoms with Crippen molar-refractivity contribution in [3.05, 3.63) is 54.1 Å². The molecule has 104 valence electrons. The van der Waals surface area contributed by atoms with Gasteiger partial charge >= 0.3 is 0 Å². The molecule has 1 heterocycles. The van der Waals surface area contributed by atoms with Crippen LogP contribution in [0.3, 0.4) is 0 Å². The van der Waals surface area contributed by atoms with Crippen LogP contribution in [0, 0.1) is 0 Å². The first kappa shape index (κ1) is 12.8. The van der Waals surface area contributed by atoms with Gasteiger partial charge in [-0.05, 0) is 29.8 Å². The lowest BCUT2D eigenvalue weighted by molar-refractivity contribution is 0.0888. The van der Waals surface area contributed by atoms with Crippen LogP contribution in [0.4, 0.5) is 0 Å². The zero-order valence-corrected chi connectivity index (χ0v) is 11.1. The molecule has 1 aliphatic heterocycles. The summed E-state index contributed by atoms with van der Waals surface area (Å²) in [5, 5.41) is 0. The SMILES string of the molecule is c1ccc(OCCOCc2ccc3c(c2)OCO3)cc1. The van der Waals surface area contributed by atoms with Gasteiger partial charge in [0, 0.05) is 0 Å². The highest BCUT2D eigenvalue weighted by Crippen LogP contribution is 2.32. The molecule has 2 aromatic carbocycles. The minimum absolute atomic E-state index is 0.296. The first-order valence-electron chi connectivity index (χ1n) is 6.56. The van der Waals surface area contributed by atoms with Crippen LogP contribution in [0.1, 0.15) is 5.56 Å². The van der Waals surface area contributed by atoms with Gasteiger partial charge in [-0.1, -0.05) is 24.3 Å². The average molecular weight is 272 g/mol. The lowest BCUT2D eigenvalue weighted by Gasteiger charge is -2.07. The molecule has 0 N–H and O–H groups in total. The first-order chi connectivity index (χ1) is 9.92. The Morgan fingerprint density at radius 3 is 2.65 bits per heavy atom. The maximum Gasteiger partial charge on any atom is 0.231 e. The van der Waals surface area contributed by atoms with Crippen LogP contribution < -0.4 is 14.2 Å². The van der Waals surface area contributed by atoms with Gasteiger partial charge in [-0.15, -0.1) is 0 Å². The summed E-state index contributed by atoms with van der Waals surface area (Å²) >= 11 is 0. The van der Waals surface area contributed by atoms with Gasteiger partial charge in [-0.3, -0.25) is 0 Å². The molecule has 0 aliphatic carbocycles. The molecule has 0 unspecified atom stereocenters. The molecule has 3 rings (SSSR count). The average Bonchev–Trinajstić information content (AvgIpc) is 2.95. The number of para-hydroxylation sites is 1. The van der Waals surface area contributed by atoms with Crippen molar-refractivity contribution in [2.75, 3.05) is 20.0 Å². The van der Waals surface area contributed by atoms with E-state index < -0.39 is 0 Å². The molecule has 2 aromatic rings. The van der Waals surface area contributed by atoms with Gasteiger partial charge in [0.05, 0.1) is 13.2 Å². The summed E-state index contributed by atoms with van der Waals surface area (Å²) in [6, 6.07) is 15.5. The first-order valence-corrected chi connectivity index (χ1v) is 6.56. The molecule has 0 spiro atoms. The Morgan fingerprint density at radius 1 is 0.900 bits per heavy atom. The third kappa shape index (κ3) is 3.22. The van der Waals surface area contributed by atoms with Crippen LogP contribution in [0.2, 0.25) is 0 Å². The Balaban J connectivity index is 1.40. The van der Waals surface area contributed by atoms with Crippen LogP contribution in [-0.4, -0.2) is 20.0 Å². The summed E-state index contributed by atoms with van der Waals surface area (Å²) in [4.78, 5) is 0. The Hall–Kier alpha value is -2.20. The Morgan fingerprint density at radius 2 is 1.75 bits per heavy atom. The van der Waals surface area contributed by atoms with Crippen LogP contribution in [0.15, 0.2) is 48.5 Å². The largest absolute Gasteiger partial charge is 0.491 e. The fraction of sp³-hybridized carbons (Fsp3) is 0.250. The Bertz CT molecular complexity index is 554. The highest BCUT2D eigenvalue weighted by atomic mass is 16.7. The summed E-state index contributed by atoms with van der Waals surface area (Å²) in [6.07, 6.45) is 0. The molecule has 0 fully saturated rings. The zero-order valence-electron chi connectivity index (χ0n) is 11.1. The minimum atomic E-state index is 0.296. The normalized spacial score (nSPS) is 12.4. The molecule has 0 bridgehead atoms.